The third kappa shape index (κ3) is 3.28. The van der Waals surface area contributed by atoms with Gasteiger partial charge in [0.1, 0.15) is 0 Å². The molecule has 30 heavy (non-hydrogen) atoms. The zero-order valence-electron chi connectivity index (χ0n) is 20.9. The number of aliphatic hydroxyl groups is 1. The Bertz CT molecular complexity index is 710. The van der Waals surface area contributed by atoms with E-state index in [-0.39, 0.29) is 11.5 Å². The summed E-state index contributed by atoms with van der Waals surface area (Å²) in [6.45, 7) is 17.0. The van der Waals surface area contributed by atoms with Gasteiger partial charge in [-0.1, -0.05) is 57.9 Å². The Hall–Kier alpha value is -0.560. The molecule has 1 heteroatoms. The Morgan fingerprint density at radius 3 is 2.53 bits per heavy atom. The van der Waals surface area contributed by atoms with Crippen LogP contribution in [0.3, 0.4) is 0 Å². The summed E-state index contributed by atoms with van der Waals surface area (Å²) in [6.07, 6.45) is 16.7. The second-order valence-corrected chi connectivity index (χ2v) is 13.0. The maximum absolute atomic E-state index is 10.7. The molecule has 0 aromatic rings. The van der Waals surface area contributed by atoms with Gasteiger partial charge in [-0.05, 0) is 117 Å². The molecule has 3 fully saturated rings. The molecule has 4 aliphatic rings. The largest absolute Gasteiger partial charge is 0.393 e. The molecule has 1 nitrogen and oxygen atoms in total. The molecule has 0 heterocycles. The van der Waals surface area contributed by atoms with Crippen LogP contribution >= 0.6 is 0 Å². The van der Waals surface area contributed by atoms with Gasteiger partial charge in [0, 0.05) is 0 Å². The smallest absolute Gasteiger partial charge is 0.0594 e. The number of rotatable bonds is 4. The Labute approximate surface area is 186 Å². The fraction of sp³-hybridized carbons (Fsp3) is 0.862. The van der Waals surface area contributed by atoms with Crippen LogP contribution in [0.2, 0.25) is 0 Å². The lowest BCUT2D eigenvalue weighted by Crippen LogP contribution is -2.53. The first-order valence-electron chi connectivity index (χ1n) is 13.0. The van der Waals surface area contributed by atoms with Crippen LogP contribution in [0.25, 0.3) is 0 Å². The van der Waals surface area contributed by atoms with E-state index in [4.69, 9.17) is 0 Å². The van der Waals surface area contributed by atoms with Crippen molar-refractivity contribution in [2.45, 2.75) is 112 Å². The van der Waals surface area contributed by atoms with Gasteiger partial charge in [0.05, 0.1) is 6.10 Å². The molecule has 0 radical (unpaired) electrons. The van der Waals surface area contributed by atoms with E-state index in [9.17, 15) is 5.11 Å². The summed E-state index contributed by atoms with van der Waals surface area (Å²) in [5, 5.41) is 10.7. The van der Waals surface area contributed by atoms with Crippen LogP contribution in [-0.2, 0) is 0 Å². The van der Waals surface area contributed by atoms with E-state index in [1.54, 1.807) is 0 Å². The highest BCUT2D eigenvalue weighted by Gasteiger charge is 2.62. The van der Waals surface area contributed by atoms with Crippen molar-refractivity contribution in [3.8, 4) is 0 Å². The van der Waals surface area contributed by atoms with Gasteiger partial charge in [0.15, 0.2) is 0 Å². The minimum atomic E-state index is -0.115. The van der Waals surface area contributed by atoms with E-state index in [2.05, 4.69) is 60.6 Å². The average Bonchev–Trinajstić information content (AvgIpc) is 2.96. The summed E-state index contributed by atoms with van der Waals surface area (Å²) < 4.78 is 0. The maximum Gasteiger partial charge on any atom is 0.0594 e. The molecule has 4 aliphatic carbocycles. The van der Waals surface area contributed by atoms with E-state index in [1.165, 1.54) is 56.9 Å². The Balaban J connectivity index is 1.58. The second kappa shape index (κ2) is 7.79. The van der Waals surface area contributed by atoms with E-state index >= 15 is 0 Å². The fourth-order valence-corrected chi connectivity index (χ4v) is 8.92. The normalized spacial score (nSPS) is 45.6. The third-order valence-electron chi connectivity index (χ3n) is 11.1. The van der Waals surface area contributed by atoms with E-state index in [0.29, 0.717) is 16.7 Å². The predicted molar refractivity (Wildman–Crippen MR) is 128 cm³/mol. The topological polar surface area (TPSA) is 20.2 Å². The zero-order valence-corrected chi connectivity index (χ0v) is 20.9. The van der Waals surface area contributed by atoms with Gasteiger partial charge >= 0.3 is 0 Å². The van der Waals surface area contributed by atoms with E-state index in [0.717, 1.165) is 30.1 Å². The van der Waals surface area contributed by atoms with E-state index in [1.807, 2.05) is 5.57 Å². The van der Waals surface area contributed by atoms with Gasteiger partial charge in [-0.2, -0.15) is 0 Å². The molecular formula is C29H48O. The average molecular weight is 413 g/mol. The molecule has 170 valence electrons. The number of aliphatic hydroxyl groups excluding tert-OH is 1. The van der Waals surface area contributed by atoms with Gasteiger partial charge in [-0.25, -0.2) is 0 Å². The lowest BCUT2D eigenvalue weighted by Gasteiger charge is -2.60. The Morgan fingerprint density at radius 1 is 1.10 bits per heavy atom. The van der Waals surface area contributed by atoms with Crippen LogP contribution in [0.1, 0.15) is 106 Å². The van der Waals surface area contributed by atoms with E-state index < -0.39 is 0 Å². The van der Waals surface area contributed by atoms with Gasteiger partial charge in [0.2, 0.25) is 0 Å². The SMILES string of the molecule is CC(C)=CCCC(C)[C@H]1CC[C@]2(C)C3=CC[C@@H]4[C@H](CC[C@H](O)C4(C)C)[C@H]3CC[C@@]12C. The minimum Gasteiger partial charge on any atom is -0.393 e. The quantitative estimate of drug-likeness (QED) is 0.464. The van der Waals surface area contributed by atoms with Crippen molar-refractivity contribution in [3.05, 3.63) is 23.3 Å². The summed E-state index contributed by atoms with van der Waals surface area (Å²) in [5.41, 5.74) is 4.26. The molecule has 0 spiro atoms. The molecule has 0 amide bonds. The molecule has 3 saturated carbocycles. The van der Waals surface area contributed by atoms with Crippen LogP contribution in [0.5, 0.6) is 0 Å². The first kappa shape index (κ1) is 22.6. The lowest BCUT2D eigenvalue weighted by atomic mass is 9.45. The minimum absolute atomic E-state index is 0.0737. The molecule has 8 atom stereocenters. The molecule has 0 aliphatic heterocycles. The highest BCUT2D eigenvalue weighted by molar-refractivity contribution is 5.31. The van der Waals surface area contributed by atoms with Gasteiger partial charge in [-0.15, -0.1) is 0 Å². The first-order chi connectivity index (χ1) is 14.0. The molecule has 4 rings (SSSR count). The zero-order chi connectivity index (χ0) is 21.9. The highest BCUT2D eigenvalue weighted by Crippen LogP contribution is 2.71. The first-order valence-corrected chi connectivity index (χ1v) is 13.0. The molecular weight excluding hydrogens is 364 g/mol. The van der Waals surface area contributed by atoms with Crippen LogP contribution in [-0.4, -0.2) is 11.2 Å². The van der Waals surface area contributed by atoms with Gasteiger partial charge in [0.25, 0.3) is 0 Å². The summed E-state index contributed by atoms with van der Waals surface area (Å²) >= 11 is 0. The van der Waals surface area contributed by atoms with Crippen molar-refractivity contribution in [2.24, 2.45) is 45.8 Å². The van der Waals surface area contributed by atoms with Crippen LogP contribution in [0, 0.1) is 45.8 Å². The summed E-state index contributed by atoms with van der Waals surface area (Å²) in [4.78, 5) is 0. The maximum atomic E-state index is 10.7. The van der Waals surface area contributed by atoms with Crippen molar-refractivity contribution in [2.75, 3.05) is 0 Å². The van der Waals surface area contributed by atoms with Crippen molar-refractivity contribution < 1.29 is 5.11 Å². The molecule has 1 N–H and O–H groups in total. The predicted octanol–water partition coefficient (Wildman–Crippen LogP) is 7.94. The van der Waals surface area contributed by atoms with Crippen molar-refractivity contribution >= 4 is 0 Å². The van der Waals surface area contributed by atoms with Crippen molar-refractivity contribution in [3.63, 3.8) is 0 Å². The highest BCUT2D eigenvalue weighted by atomic mass is 16.3. The van der Waals surface area contributed by atoms with Gasteiger partial charge < -0.3 is 5.11 Å². The van der Waals surface area contributed by atoms with Crippen LogP contribution in [0.15, 0.2) is 23.3 Å². The lowest BCUT2D eigenvalue weighted by molar-refractivity contribution is -0.0870. The fourth-order valence-electron chi connectivity index (χ4n) is 8.92. The Morgan fingerprint density at radius 2 is 1.83 bits per heavy atom. The monoisotopic (exact) mass is 412 g/mol. The van der Waals surface area contributed by atoms with Crippen LogP contribution < -0.4 is 0 Å². The summed E-state index contributed by atoms with van der Waals surface area (Å²) in [7, 11) is 0. The summed E-state index contributed by atoms with van der Waals surface area (Å²) in [6, 6.07) is 0. The van der Waals surface area contributed by atoms with Crippen LogP contribution in [0.4, 0.5) is 0 Å². The second-order valence-electron chi connectivity index (χ2n) is 13.0. The third-order valence-corrected chi connectivity index (χ3v) is 11.1. The summed E-state index contributed by atoms with van der Waals surface area (Å²) in [5.74, 6) is 3.96. The number of hydrogen-bond donors (Lipinski definition) is 1. The van der Waals surface area contributed by atoms with Crippen molar-refractivity contribution in [1.82, 2.24) is 0 Å². The number of hydrogen-bond acceptors (Lipinski definition) is 1. The number of allylic oxidation sites excluding steroid dienone is 4. The molecule has 0 aromatic carbocycles. The Kier molecular flexibility index (Phi) is 5.87. The molecule has 0 saturated heterocycles. The van der Waals surface area contributed by atoms with Crippen molar-refractivity contribution in [1.29, 1.82) is 0 Å². The number of fused-ring (bicyclic) bond motifs is 5. The van der Waals surface area contributed by atoms with Gasteiger partial charge in [-0.3, -0.25) is 0 Å². The standard InChI is InChI=1S/C29H48O/c1-19(2)9-8-10-20(3)23-16-18-29(7)25-13-12-24-21(11-14-26(30)27(24,4)5)22(25)15-17-28(23,29)6/h9,13,20-24,26,30H,8,10-12,14-18H2,1-7H3/t20?,21-,22-,23-,24-,26+,28+,29-/m1/s1. The molecule has 0 aromatic heterocycles. The molecule has 1 unspecified atom stereocenters. The molecule has 0 bridgehead atoms.